The van der Waals surface area contributed by atoms with Gasteiger partial charge < -0.3 is 15.4 Å². The maximum Gasteiger partial charge on any atom is 0.158 e. The lowest BCUT2D eigenvalue weighted by Gasteiger charge is -2.10. The van der Waals surface area contributed by atoms with E-state index in [4.69, 9.17) is 4.74 Å². The van der Waals surface area contributed by atoms with Crippen LogP contribution in [0, 0.1) is 0 Å². The fourth-order valence-corrected chi connectivity index (χ4v) is 1.54. The molecule has 2 N–H and O–H groups in total. The molecule has 1 aliphatic rings. The third kappa shape index (κ3) is 3.85. The van der Waals surface area contributed by atoms with E-state index in [0.717, 1.165) is 24.0 Å². The molecule has 1 saturated carbocycles. The Morgan fingerprint density at radius 2 is 2.06 bits per heavy atom. The van der Waals surface area contributed by atoms with E-state index in [1.54, 1.807) is 0 Å². The summed E-state index contributed by atoms with van der Waals surface area (Å²) in [4.78, 5) is 8.85. The lowest BCUT2D eigenvalue weighted by atomic mass is 10.4. The summed E-state index contributed by atoms with van der Waals surface area (Å²) in [5.41, 5.74) is 0. The number of ether oxygens (including phenoxy) is 1. The molecule has 5 heteroatoms. The smallest absolute Gasteiger partial charge is 0.158 e. The molecule has 17 heavy (non-hydrogen) atoms. The molecule has 0 radical (unpaired) electrons. The molecule has 2 rings (SSSR count). The highest BCUT2D eigenvalue weighted by molar-refractivity contribution is 5.48. The Bertz CT molecular complexity index is 366. The van der Waals surface area contributed by atoms with Crippen molar-refractivity contribution in [2.24, 2.45) is 0 Å². The van der Waals surface area contributed by atoms with E-state index in [9.17, 15) is 0 Å². The van der Waals surface area contributed by atoms with Crippen LogP contribution in [-0.2, 0) is 11.3 Å². The molecule has 5 nitrogen and oxygen atoms in total. The predicted octanol–water partition coefficient (Wildman–Crippen LogP) is 2.02. The second-order valence-electron chi connectivity index (χ2n) is 4.14. The van der Waals surface area contributed by atoms with Crippen LogP contribution in [0.4, 0.5) is 11.6 Å². The van der Waals surface area contributed by atoms with Gasteiger partial charge in [-0.3, -0.25) is 0 Å². The molecule has 1 aromatic rings. The van der Waals surface area contributed by atoms with Crippen LogP contribution in [0.25, 0.3) is 0 Å². The molecule has 0 bridgehead atoms. The lowest BCUT2D eigenvalue weighted by molar-refractivity contribution is 0.128. The van der Waals surface area contributed by atoms with E-state index in [2.05, 4.69) is 27.5 Å². The molecule has 0 saturated heterocycles. The van der Waals surface area contributed by atoms with Crippen molar-refractivity contribution in [3.05, 3.63) is 11.9 Å². The minimum atomic E-state index is 0.467. The Hall–Kier alpha value is -1.36. The van der Waals surface area contributed by atoms with Crippen LogP contribution in [0.1, 0.15) is 32.5 Å². The molecular weight excluding hydrogens is 216 g/mol. The van der Waals surface area contributed by atoms with Crippen LogP contribution in [0.3, 0.4) is 0 Å². The van der Waals surface area contributed by atoms with Crippen molar-refractivity contribution < 1.29 is 4.74 Å². The van der Waals surface area contributed by atoms with Crippen molar-refractivity contribution in [3.8, 4) is 0 Å². The number of nitrogens with one attached hydrogen (secondary N) is 2. The molecular formula is C12H20N4O. The van der Waals surface area contributed by atoms with Gasteiger partial charge in [0.2, 0.25) is 0 Å². The van der Waals surface area contributed by atoms with Gasteiger partial charge in [0.05, 0.1) is 0 Å². The number of hydrogen-bond acceptors (Lipinski definition) is 5. The van der Waals surface area contributed by atoms with Crippen molar-refractivity contribution in [3.63, 3.8) is 0 Å². The quantitative estimate of drug-likeness (QED) is 0.758. The van der Waals surface area contributed by atoms with Crippen LogP contribution in [0.2, 0.25) is 0 Å². The van der Waals surface area contributed by atoms with Gasteiger partial charge in [0.25, 0.3) is 0 Å². The maximum atomic E-state index is 5.35. The molecule has 1 aromatic heterocycles. The molecule has 1 heterocycles. The molecule has 0 amide bonds. The highest BCUT2D eigenvalue weighted by Gasteiger charge is 2.21. The summed E-state index contributed by atoms with van der Waals surface area (Å²) in [5.74, 6) is 2.49. The van der Waals surface area contributed by atoms with Crippen molar-refractivity contribution >= 4 is 11.6 Å². The van der Waals surface area contributed by atoms with E-state index >= 15 is 0 Å². The van der Waals surface area contributed by atoms with Crippen molar-refractivity contribution in [2.75, 3.05) is 23.8 Å². The summed E-state index contributed by atoms with van der Waals surface area (Å²) in [7, 11) is 0. The molecule has 1 fully saturated rings. The number of nitrogens with zero attached hydrogens (tertiary/aromatic N) is 2. The molecule has 0 aliphatic heterocycles. The number of anilines is 2. The van der Waals surface area contributed by atoms with Crippen molar-refractivity contribution in [1.29, 1.82) is 0 Å². The Labute approximate surface area is 102 Å². The Kier molecular flexibility index (Phi) is 4.14. The zero-order valence-corrected chi connectivity index (χ0v) is 10.5. The third-order valence-electron chi connectivity index (χ3n) is 2.49. The Morgan fingerprint density at radius 1 is 1.29 bits per heavy atom. The highest BCUT2D eigenvalue weighted by atomic mass is 16.5. The minimum absolute atomic E-state index is 0.467. The molecule has 94 valence electrons. The van der Waals surface area contributed by atoms with Crippen LogP contribution in [0.5, 0.6) is 0 Å². The SMILES string of the molecule is CCNc1cc(NC2CC2)nc(COCC)n1. The van der Waals surface area contributed by atoms with E-state index in [0.29, 0.717) is 19.3 Å². The van der Waals surface area contributed by atoms with E-state index in [-0.39, 0.29) is 0 Å². The molecule has 1 aliphatic carbocycles. The first kappa shape index (κ1) is 12.1. The van der Waals surface area contributed by atoms with Crippen LogP contribution in [0.15, 0.2) is 6.07 Å². The second kappa shape index (κ2) is 5.82. The van der Waals surface area contributed by atoms with Crippen molar-refractivity contribution in [2.45, 2.75) is 39.3 Å². The monoisotopic (exact) mass is 236 g/mol. The topological polar surface area (TPSA) is 59.1 Å². The number of aromatic nitrogens is 2. The summed E-state index contributed by atoms with van der Waals surface area (Å²) >= 11 is 0. The predicted molar refractivity (Wildman–Crippen MR) is 68.2 cm³/mol. The van der Waals surface area contributed by atoms with Crippen LogP contribution < -0.4 is 10.6 Å². The number of rotatable bonds is 7. The second-order valence-corrected chi connectivity index (χ2v) is 4.14. The van der Waals surface area contributed by atoms with Gasteiger partial charge in [0, 0.05) is 25.3 Å². The van der Waals surface area contributed by atoms with Gasteiger partial charge in [0.15, 0.2) is 5.82 Å². The van der Waals surface area contributed by atoms with Crippen LogP contribution >= 0.6 is 0 Å². The fraction of sp³-hybridized carbons (Fsp3) is 0.667. The van der Waals surface area contributed by atoms with Gasteiger partial charge in [-0.05, 0) is 26.7 Å². The van der Waals surface area contributed by atoms with Crippen molar-refractivity contribution in [1.82, 2.24) is 9.97 Å². The number of hydrogen-bond donors (Lipinski definition) is 2. The van der Waals surface area contributed by atoms with E-state index in [1.165, 1.54) is 12.8 Å². The largest absolute Gasteiger partial charge is 0.374 e. The summed E-state index contributed by atoms with van der Waals surface area (Å²) in [5, 5.41) is 6.60. The third-order valence-corrected chi connectivity index (χ3v) is 2.49. The van der Waals surface area contributed by atoms with Gasteiger partial charge in [-0.2, -0.15) is 0 Å². The molecule has 0 unspecified atom stereocenters. The standard InChI is InChI=1S/C12H20N4O/c1-3-13-10-7-11(14-9-5-6-9)16-12(15-10)8-17-4-2/h7,9H,3-6,8H2,1-2H3,(H2,13,14,15,16). The minimum Gasteiger partial charge on any atom is -0.374 e. The average Bonchev–Trinajstić information content (AvgIpc) is 3.10. The highest BCUT2D eigenvalue weighted by Crippen LogP contribution is 2.24. The Morgan fingerprint density at radius 3 is 2.71 bits per heavy atom. The summed E-state index contributed by atoms with van der Waals surface area (Å²) in [6, 6.07) is 2.55. The zero-order valence-electron chi connectivity index (χ0n) is 10.5. The zero-order chi connectivity index (χ0) is 12.1. The fourth-order valence-electron chi connectivity index (χ4n) is 1.54. The summed E-state index contributed by atoms with van der Waals surface area (Å²) < 4.78 is 5.35. The van der Waals surface area contributed by atoms with Gasteiger partial charge in [-0.1, -0.05) is 0 Å². The maximum absolute atomic E-state index is 5.35. The molecule has 0 spiro atoms. The summed E-state index contributed by atoms with van der Waals surface area (Å²) in [6.07, 6.45) is 2.47. The van der Waals surface area contributed by atoms with E-state index < -0.39 is 0 Å². The van der Waals surface area contributed by atoms with Gasteiger partial charge in [0.1, 0.15) is 18.2 Å². The van der Waals surface area contributed by atoms with Crippen LogP contribution in [-0.4, -0.2) is 29.2 Å². The van der Waals surface area contributed by atoms with Gasteiger partial charge in [-0.15, -0.1) is 0 Å². The first-order valence-electron chi connectivity index (χ1n) is 6.28. The normalized spacial score (nSPS) is 14.7. The molecule has 0 atom stereocenters. The molecule has 0 aromatic carbocycles. The summed E-state index contributed by atoms with van der Waals surface area (Å²) in [6.45, 7) is 6.03. The Balaban J connectivity index is 2.08. The first-order chi connectivity index (χ1) is 8.31. The lowest BCUT2D eigenvalue weighted by Crippen LogP contribution is -2.10. The van der Waals surface area contributed by atoms with Gasteiger partial charge in [-0.25, -0.2) is 9.97 Å². The average molecular weight is 236 g/mol. The van der Waals surface area contributed by atoms with Gasteiger partial charge >= 0.3 is 0 Å². The first-order valence-corrected chi connectivity index (χ1v) is 6.28. The van der Waals surface area contributed by atoms with E-state index in [1.807, 2.05) is 13.0 Å².